The fraction of sp³-hybridized carbons (Fsp3) is 0.296. The Hall–Kier alpha value is -10.8. The molecule has 2 atom stereocenters. The maximum atomic E-state index is 13.2. The van der Waals surface area contributed by atoms with E-state index in [0.29, 0.717) is 64.2 Å². The third-order valence-corrected chi connectivity index (χ3v) is 22.7. The Labute approximate surface area is 716 Å². The largest absolute Gasteiger partial charge is 0.519 e. The van der Waals surface area contributed by atoms with Gasteiger partial charge in [0.2, 0.25) is 25.2 Å². The number of methoxy groups -OCH3 is 2. The zero-order valence-corrected chi connectivity index (χ0v) is 73.3. The molecule has 644 valence electrons. The first-order valence-corrected chi connectivity index (χ1v) is 45.3. The molecule has 0 radical (unpaired) electrons. The van der Waals surface area contributed by atoms with Gasteiger partial charge in [-0.3, -0.25) is 28.0 Å². The SMILES string of the molecule is COc1ccc(C(Nc2nc(Cl)c3ncn(CCOCP(=O)(OC(C)C)OC(C)C)c3n2)(c2ccccc2)c2ccccc2)cc1.COc1ccc(C(Nc2nc(Cl)c3ncn(CCOCP(C)(=O)O)c3n2)(c2ccccc2)c2ccccc2)cc1.Cc1oc(=O)oc1CBr.Cc1oc(=O)oc1COP(=O)(O)COCCn1cnc2c(=O)[nH]c(N)nc21. The first kappa shape index (κ1) is 92.0. The number of alkyl halides is 1. The van der Waals surface area contributed by atoms with E-state index >= 15 is 0 Å². The molecule has 122 heavy (non-hydrogen) atoms. The van der Waals surface area contributed by atoms with Gasteiger partial charge in [0.15, 0.2) is 44.3 Å². The van der Waals surface area contributed by atoms with Crippen LogP contribution in [-0.2, 0) is 84.1 Å². The van der Waals surface area contributed by atoms with Crippen molar-refractivity contribution in [1.29, 1.82) is 0 Å². The number of H-pyrrole nitrogens is 1. The average molecular weight is 1840 g/mol. The topological polar surface area (TPSA) is 453 Å². The number of halogens is 3. The van der Waals surface area contributed by atoms with Crippen molar-refractivity contribution in [1.82, 2.24) is 58.6 Å². The van der Waals surface area contributed by atoms with E-state index < -0.39 is 63.8 Å². The van der Waals surface area contributed by atoms with Crippen LogP contribution in [0.15, 0.2) is 221 Å². The van der Waals surface area contributed by atoms with Crippen LogP contribution in [0.4, 0.5) is 17.8 Å². The van der Waals surface area contributed by atoms with E-state index in [1.54, 1.807) is 38.4 Å². The lowest BCUT2D eigenvalue weighted by Gasteiger charge is -2.37. The van der Waals surface area contributed by atoms with Gasteiger partial charge in [-0.25, -0.2) is 24.5 Å². The highest BCUT2D eigenvalue weighted by Crippen LogP contribution is 2.51. The minimum Gasteiger partial charge on any atom is -0.497 e. The second-order valence-corrected chi connectivity index (χ2v) is 35.0. The molecule has 41 heteroatoms. The lowest BCUT2D eigenvalue weighted by atomic mass is 9.77. The standard InChI is InChI=1S/C34H39ClN5O5P.C29H29ClN5O4P.C13H16N5O8P.C5H5BrO3/c1-24(2)44-46(41,45-25(3)4)23-43-21-20-40-22-36-30-31(35)37-33(38-32(30)40)39-34(26-12-8-6-9-13-26,27-14-10-7-11-15-27)28-16-18-29(42-5)19-17-28;1-38-24-15-13-23(14-16-24)29(21-9-5-3-6-10-21,22-11-7-4-8-12-22)34-28-32-26(30)25-27(33-28)35(19-31-25)17-18-39-20-40(2,36)37;1-7-8(26-13(20)25-7)4-24-27(21,22)6-23-3-2-18-5-15-9-10(18)16-12(14)17-11(9)19;1-3-4(2-6)9-5(7)8-3/h6-19,22,24-25H,20-21,23H2,1-5H3,(H,37,38,39);3-16,19H,17-18,20H2,1-2H3,(H,36,37)(H,32,33,34);5H,2-4,6H2,1H3,(H,21,22)(H3,14,16,17,19);2H2,1H3. The van der Waals surface area contributed by atoms with Crippen molar-refractivity contribution in [3.8, 4) is 11.5 Å². The molecule has 14 aromatic rings. The van der Waals surface area contributed by atoms with Gasteiger partial charge >= 0.3 is 26.8 Å². The van der Waals surface area contributed by atoms with Crippen LogP contribution in [-0.4, -0.2) is 140 Å². The van der Waals surface area contributed by atoms with Gasteiger partial charge in [-0.15, -0.1) is 0 Å². The van der Waals surface area contributed by atoms with Gasteiger partial charge < -0.3 is 90.3 Å². The fourth-order valence-electron chi connectivity index (χ4n) is 12.6. The molecule has 0 bridgehead atoms. The van der Waals surface area contributed by atoms with Crippen LogP contribution in [0.25, 0.3) is 33.5 Å². The molecule has 2 unspecified atom stereocenters. The molecule has 6 aromatic carbocycles. The van der Waals surface area contributed by atoms with Crippen LogP contribution in [0.1, 0.15) is 84.1 Å². The molecule has 0 aliphatic carbocycles. The highest BCUT2D eigenvalue weighted by Gasteiger charge is 2.40. The van der Waals surface area contributed by atoms with Crippen molar-refractivity contribution in [2.45, 2.75) is 96.4 Å². The van der Waals surface area contributed by atoms with E-state index in [1.165, 1.54) is 24.5 Å². The maximum Gasteiger partial charge on any atom is 0.519 e. The molecule has 7 N–H and O–H groups in total. The van der Waals surface area contributed by atoms with Crippen LogP contribution < -0.4 is 43.0 Å². The van der Waals surface area contributed by atoms with E-state index in [9.17, 15) is 37.9 Å². The van der Waals surface area contributed by atoms with Crippen LogP contribution in [0, 0.1) is 13.8 Å². The van der Waals surface area contributed by atoms with Gasteiger partial charge in [0, 0.05) is 26.3 Å². The molecule has 0 saturated carbocycles. The summed E-state index contributed by atoms with van der Waals surface area (Å²) >= 11 is 16.5. The van der Waals surface area contributed by atoms with Crippen molar-refractivity contribution < 1.29 is 78.4 Å². The molecule has 8 aromatic heterocycles. The van der Waals surface area contributed by atoms with Crippen molar-refractivity contribution >= 4 is 113 Å². The van der Waals surface area contributed by atoms with E-state index in [0.717, 1.165) is 44.9 Å². The Bertz CT molecular complexity index is 6020. The predicted molar refractivity (Wildman–Crippen MR) is 461 cm³/mol. The number of nitrogens with two attached hydrogens (primary N) is 1. The molecule has 0 spiro atoms. The lowest BCUT2D eigenvalue weighted by molar-refractivity contribution is 0.0961. The molecule has 0 aliphatic heterocycles. The molecule has 35 nitrogen and oxygen atoms in total. The monoisotopic (exact) mass is 1830 g/mol. The number of aromatic amines is 1. The van der Waals surface area contributed by atoms with Gasteiger partial charge in [-0.1, -0.05) is 185 Å². The summed E-state index contributed by atoms with van der Waals surface area (Å²) in [5.74, 6) is 1.77. The lowest BCUT2D eigenvalue weighted by Crippen LogP contribution is -2.38. The summed E-state index contributed by atoms with van der Waals surface area (Å²) in [6.07, 6.45) is 3.11. The summed E-state index contributed by atoms with van der Waals surface area (Å²) < 4.78 is 103. The van der Waals surface area contributed by atoms with Crippen molar-refractivity contribution in [2.75, 3.05) is 76.1 Å². The quantitative estimate of drug-likeness (QED) is 0.00706. The van der Waals surface area contributed by atoms with E-state index in [4.69, 9.17) is 76.2 Å². The van der Waals surface area contributed by atoms with Crippen molar-refractivity contribution in [3.63, 3.8) is 0 Å². The Balaban J connectivity index is 0.000000174. The highest BCUT2D eigenvalue weighted by molar-refractivity contribution is 9.08. The summed E-state index contributed by atoms with van der Waals surface area (Å²) in [6, 6.07) is 56.2. The Morgan fingerprint density at radius 1 is 0.508 bits per heavy atom. The third-order valence-electron chi connectivity index (χ3n) is 18.0. The highest BCUT2D eigenvalue weighted by atomic mass is 79.9. The molecule has 0 aliphatic rings. The zero-order chi connectivity index (χ0) is 87.4. The van der Waals surface area contributed by atoms with E-state index in [1.807, 2.05) is 154 Å². The Kier molecular flexibility index (Phi) is 31.6. The number of rotatable bonds is 35. The smallest absolute Gasteiger partial charge is 0.497 e. The number of nitrogen functional groups attached to an aromatic ring is 1. The molecule has 0 amide bonds. The first-order chi connectivity index (χ1) is 58.4. The zero-order valence-electron chi connectivity index (χ0n) is 67.5. The Morgan fingerprint density at radius 3 is 1.22 bits per heavy atom. The molecule has 8 heterocycles. The molecule has 0 fully saturated rings. The number of anilines is 3. The van der Waals surface area contributed by atoms with E-state index in [2.05, 4.69) is 128 Å². The minimum absolute atomic E-state index is 0.0213. The Morgan fingerprint density at radius 2 is 0.869 bits per heavy atom. The number of aryl methyl sites for hydroxylation is 2. The number of benzene rings is 6. The molecular formula is C81H89BrCl2N15O20P3. The molecule has 0 saturated heterocycles. The number of imidazole rings is 3. The van der Waals surface area contributed by atoms with Gasteiger partial charge in [-0.05, 0) is 99.2 Å². The first-order valence-electron chi connectivity index (χ1n) is 37.7. The number of hydrogen-bond acceptors (Lipinski definition) is 29. The third kappa shape index (κ3) is 23.7. The summed E-state index contributed by atoms with van der Waals surface area (Å²) in [5, 5.41) is 8.21. The number of nitrogens with one attached hydrogen (secondary N) is 3. The summed E-state index contributed by atoms with van der Waals surface area (Å²) in [6.45, 7) is 12.6. The number of ether oxygens (including phenoxy) is 5. The molecular weight excluding hydrogens is 1750 g/mol. The fourth-order valence-corrected chi connectivity index (χ4v) is 16.6. The van der Waals surface area contributed by atoms with Crippen LogP contribution >= 0.6 is 61.7 Å². The van der Waals surface area contributed by atoms with Crippen molar-refractivity contribution in [2.24, 2.45) is 0 Å². The summed E-state index contributed by atoms with van der Waals surface area (Å²) in [4.78, 5) is 90.2. The second kappa shape index (κ2) is 41.9. The number of nitrogens with zero attached hydrogens (tertiary/aromatic N) is 11. The van der Waals surface area contributed by atoms with Gasteiger partial charge in [0.1, 0.15) is 70.8 Å². The van der Waals surface area contributed by atoms with Crippen LogP contribution in [0.5, 0.6) is 11.5 Å². The maximum absolute atomic E-state index is 13.2. The number of fused-ring (bicyclic) bond motifs is 3. The minimum atomic E-state index is -4.08. The number of aromatic nitrogens is 12. The van der Waals surface area contributed by atoms with Gasteiger partial charge in [-0.2, -0.15) is 24.9 Å². The predicted octanol–water partition coefficient (Wildman–Crippen LogP) is 15.0. The number of hydrogen-bond donors (Lipinski definition) is 6. The van der Waals surface area contributed by atoms with E-state index in [-0.39, 0.29) is 90.2 Å². The molecule has 14 rings (SSSR count). The van der Waals surface area contributed by atoms with Gasteiger partial charge in [0.05, 0.1) is 70.6 Å². The van der Waals surface area contributed by atoms with Crippen LogP contribution in [0.3, 0.4) is 0 Å². The summed E-state index contributed by atoms with van der Waals surface area (Å²) in [5.41, 5.74) is 11.4. The second-order valence-electron chi connectivity index (χ2n) is 27.6. The van der Waals surface area contributed by atoms with Crippen LogP contribution in [0.2, 0.25) is 10.3 Å². The normalized spacial score (nSPS) is 12.8. The average Bonchev–Trinajstić information content (AvgIpc) is 0.772. The van der Waals surface area contributed by atoms with Gasteiger partial charge in [0.25, 0.3) is 5.56 Å². The summed E-state index contributed by atoms with van der Waals surface area (Å²) in [7, 11) is -7.49. The van der Waals surface area contributed by atoms with Crippen molar-refractivity contribution in [3.05, 3.63) is 287 Å².